The Morgan fingerprint density at radius 3 is 2.06 bits per heavy atom. The van der Waals surface area contributed by atoms with Gasteiger partial charge in [0.1, 0.15) is 0 Å². The maximum Gasteiger partial charge on any atom is 0.345 e. The molecule has 0 saturated heterocycles. The molecule has 0 aromatic carbocycles. The molecule has 0 spiro atoms. The van der Waals surface area contributed by atoms with Crippen molar-refractivity contribution in [3.05, 3.63) is 18.7 Å². The average Bonchev–Trinajstić information content (AvgIpc) is 2.52. The Labute approximate surface area is 91.3 Å². The zero-order chi connectivity index (χ0) is 12.6. The maximum absolute atomic E-state index is 11.2. The van der Waals surface area contributed by atoms with Crippen LogP contribution in [0, 0.1) is 0 Å². The van der Waals surface area contributed by atoms with Crippen LogP contribution < -0.4 is 0 Å². The molecule has 1 aromatic heterocycles. The first-order chi connectivity index (χ1) is 7.08. The SMILES string of the molecule is CC(Cn1ccnc1)(P(=O)(O)O)P(=O)(O)O. The van der Waals surface area contributed by atoms with Crippen molar-refractivity contribution in [3.8, 4) is 0 Å². The van der Waals surface area contributed by atoms with E-state index in [-0.39, 0.29) is 0 Å². The first-order valence-corrected chi connectivity index (χ1v) is 7.37. The highest BCUT2D eigenvalue weighted by Crippen LogP contribution is 2.69. The molecule has 0 aliphatic heterocycles. The fourth-order valence-electron chi connectivity index (χ4n) is 1.08. The van der Waals surface area contributed by atoms with Gasteiger partial charge in [0.25, 0.3) is 0 Å². The van der Waals surface area contributed by atoms with Crippen LogP contribution in [0.1, 0.15) is 6.92 Å². The minimum Gasteiger partial charge on any atom is -0.336 e. The second kappa shape index (κ2) is 4.07. The smallest absolute Gasteiger partial charge is 0.336 e. The number of aromatic nitrogens is 2. The van der Waals surface area contributed by atoms with Crippen molar-refractivity contribution in [1.82, 2.24) is 9.55 Å². The fraction of sp³-hybridized carbons (Fsp3) is 0.500. The number of nitrogens with zero attached hydrogens (tertiary/aromatic N) is 2. The lowest BCUT2D eigenvalue weighted by molar-refractivity contribution is 0.302. The van der Waals surface area contributed by atoms with Gasteiger partial charge in [-0.2, -0.15) is 0 Å². The molecule has 92 valence electrons. The molecule has 0 aliphatic carbocycles. The summed E-state index contributed by atoms with van der Waals surface area (Å²) in [4.78, 5) is 37.4. The van der Waals surface area contributed by atoms with Gasteiger partial charge in [-0.25, -0.2) is 4.98 Å². The van der Waals surface area contributed by atoms with Crippen molar-refractivity contribution < 1.29 is 28.7 Å². The Morgan fingerprint density at radius 1 is 1.25 bits per heavy atom. The van der Waals surface area contributed by atoms with Gasteiger partial charge in [0, 0.05) is 12.4 Å². The fourth-order valence-corrected chi connectivity index (χ4v) is 3.13. The quantitative estimate of drug-likeness (QED) is 0.564. The summed E-state index contributed by atoms with van der Waals surface area (Å²) in [5.74, 6) is 0. The zero-order valence-corrected chi connectivity index (χ0v) is 10.1. The minimum absolute atomic E-state index is 0.512. The summed E-state index contributed by atoms with van der Waals surface area (Å²) in [5, 5.41) is 0. The Hall–Kier alpha value is -0.490. The van der Waals surface area contributed by atoms with Crippen molar-refractivity contribution in [3.63, 3.8) is 0 Å². The summed E-state index contributed by atoms with van der Waals surface area (Å²) in [6.45, 7) is 0.343. The summed E-state index contributed by atoms with van der Waals surface area (Å²) in [7, 11) is -9.92. The molecule has 10 heteroatoms. The van der Waals surface area contributed by atoms with Gasteiger partial charge in [-0.3, -0.25) is 9.13 Å². The molecule has 8 nitrogen and oxygen atoms in total. The molecule has 0 radical (unpaired) electrons. The molecule has 0 atom stereocenters. The molecular formula is C6H12N2O6P2. The highest BCUT2D eigenvalue weighted by molar-refractivity contribution is 7.72. The van der Waals surface area contributed by atoms with Gasteiger partial charge < -0.3 is 24.1 Å². The number of hydrogen-bond acceptors (Lipinski definition) is 3. The van der Waals surface area contributed by atoms with Crippen molar-refractivity contribution in [2.24, 2.45) is 0 Å². The van der Waals surface area contributed by atoms with Gasteiger partial charge in [0.05, 0.1) is 12.9 Å². The zero-order valence-electron chi connectivity index (χ0n) is 8.33. The van der Waals surface area contributed by atoms with Gasteiger partial charge in [-0.1, -0.05) is 0 Å². The topological polar surface area (TPSA) is 133 Å². The summed E-state index contributed by atoms with van der Waals surface area (Å²) in [6.07, 6.45) is 3.94. The number of rotatable bonds is 4. The van der Waals surface area contributed by atoms with E-state index in [9.17, 15) is 9.13 Å². The van der Waals surface area contributed by atoms with Crippen LogP contribution in [-0.2, 0) is 15.7 Å². The van der Waals surface area contributed by atoms with E-state index in [1.165, 1.54) is 23.3 Å². The first kappa shape index (κ1) is 13.6. The predicted octanol–water partition coefficient (Wildman–Crippen LogP) is -0.0453. The molecule has 1 aromatic rings. The van der Waals surface area contributed by atoms with Crippen LogP contribution in [0.2, 0.25) is 0 Å². The number of imidazole rings is 1. The van der Waals surface area contributed by atoms with Gasteiger partial charge in [0.15, 0.2) is 4.90 Å². The standard InChI is InChI=1S/C6H12N2O6P2/c1-6(15(9,10)11,16(12,13)14)4-8-3-2-7-5-8/h2-3,5H,4H2,1H3,(H2,9,10,11)(H2,12,13,14). The Balaban J connectivity index is 3.18. The van der Waals surface area contributed by atoms with Crippen LogP contribution >= 0.6 is 15.2 Å². The Morgan fingerprint density at radius 2 is 1.75 bits per heavy atom. The number of hydrogen-bond donors (Lipinski definition) is 4. The molecule has 0 fully saturated rings. The Bertz CT molecular complexity index is 424. The molecule has 16 heavy (non-hydrogen) atoms. The van der Waals surface area contributed by atoms with Crippen molar-refractivity contribution in [2.45, 2.75) is 18.4 Å². The van der Waals surface area contributed by atoms with Crippen LogP contribution in [0.15, 0.2) is 18.7 Å². The molecule has 0 aliphatic rings. The van der Waals surface area contributed by atoms with E-state index >= 15 is 0 Å². The lowest BCUT2D eigenvalue weighted by Crippen LogP contribution is -2.30. The van der Waals surface area contributed by atoms with Crippen LogP contribution in [0.25, 0.3) is 0 Å². The van der Waals surface area contributed by atoms with Crippen LogP contribution in [0.5, 0.6) is 0 Å². The summed E-state index contributed by atoms with van der Waals surface area (Å²) >= 11 is 0. The minimum atomic E-state index is -4.96. The van der Waals surface area contributed by atoms with E-state index in [0.29, 0.717) is 0 Å². The Kier molecular flexibility index (Phi) is 3.45. The third kappa shape index (κ3) is 2.43. The van der Waals surface area contributed by atoms with E-state index in [1.807, 2.05) is 0 Å². The van der Waals surface area contributed by atoms with Gasteiger partial charge >= 0.3 is 15.2 Å². The lowest BCUT2D eigenvalue weighted by Gasteiger charge is -2.30. The van der Waals surface area contributed by atoms with Gasteiger partial charge in [-0.05, 0) is 6.92 Å². The molecular weight excluding hydrogens is 258 g/mol. The van der Waals surface area contributed by atoms with Crippen molar-refractivity contribution in [1.29, 1.82) is 0 Å². The highest BCUT2D eigenvalue weighted by Gasteiger charge is 2.56. The third-order valence-corrected chi connectivity index (χ3v) is 6.65. The van der Waals surface area contributed by atoms with E-state index in [1.54, 1.807) is 0 Å². The average molecular weight is 270 g/mol. The summed E-state index contributed by atoms with van der Waals surface area (Å²) < 4.78 is 23.6. The van der Waals surface area contributed by atoms with E-state index < -0.39 is 26.6 Å². The van der Waals surface area contributed by atoms with Crippen molar-refractivity contribution >= 4 is 15.2 Å². The highest BCUT2D eigenvalue weighted by atomic mass is 31.2. The van der Waals surface area contributed by atoms with Gasteiger partial charge in [0.2, 0.25) is 0 Å². The second-order valence-electron chi connectivity index (χ2n) is 3.54. The normalized spacial score (nSPS) is 14.1. The monoisotopic (exact) mass is 270 g/mol. The third-order valence-electron chi connectivity index (χ3n) is 2.30. The second-order valence-corrected chi connectivity index (χ2v) is 8.04. The maximum atomic E-state index is 11.2. The van der Waals surface area contributed by atoms with Crippen molar-refractivity contribution in [2.75, 3.05) is 0 Å². The van der Waals surface area contributed by atoms with Gasteiger partial charge in [-0.15, -0.1) is 0 Å². The van der Waals surface area contributed by atoms with E-state index in [2.05, 4.69) is 4.98 Å². The first-order valence-electron chi connectivity index (χ1n) is 4.15. The largest absolute Gasteiger partial charge is 0.345 e. The van der Waals surface area contributed by atoms with E-state index in [4.69, 9.17) is 19.6 Å². The molecule has 0 bridgehead atoms. The van der Waals surface area contributed by atoms with Crippen LogP contribution in [0.3, 0.4) is 0 Å². The summed E-state index contributed by atoms with van der Waals surface area (Å²) in [5.41, 5.74) is 0. The molecule has 1 heterocycles. The molecule has 0 unspecified atom stereocenters. The molecule has 1 rings (SSSR count). The lowest BCUT2D eigenvalue weighted by atomic mass is 10.4. The summed E-state index contributed by atoms with van der Waals surface area (Å²) in [6, 6.07) is 0. The molecule has 4 N–H and O–H groups in total. The molecule has 0 saturated carbocycles. The predicted molar refractivity (Wildman–Crippen MR) is 54.7 cm³/mol. The van der Waals surface area contributed by atoms with Crippen LogP contribution in [-0.4, -0.2) is 34.0 Å². The van der Waals surface area contributed by atoms with Crippen LogP contribution in [0.4, 0.5) is 0 Å². The molecule has 0 amide bonds. The van der Waals surface area contributed by atoms with E-state index in [0.717, 1.165) is 6.92 Å².